The number of ether oxygens (including phenoxy) is 1. The van der Waals surface area contributed by atoms with E-state index < -0.39 is 23.0 Å². The van der Waals surface area contributed by atoms with Gasteiger partial charge in [-0.05, 0) is 32.1 Å². The van der Waals surface area contributed by atoms with Crippen molar-refractivity contribution in [2.75, 3.05) is 7.11 Å². The summed E-state index contributed by atoms with van der Waals surface area (Å²) in [5.74, 6) is -0.467. The first-order chi connectivity index (χ1) is 6.85. The molecule has 2 nitrogen and oxygen atoms in total. The van der Waals surface area contributed by atoms with Crippen LogP contribution in [0.4, 0.5) is 13.2 Å². The van der Waals surface area contributed by atoms with Crippen LogP contribution in [0.25, 0.3) is 0 Å². The van der Waals surface area contributed by atoms with Gasteiger partial charge >= 0.3 is 12.1 Å². The first kappa shape index (κ1) is 10.8. The summed E-state index contributed by atoms with van der Waals surface area (Å²) in [6, 6.07) is 0. The number of halogens is 3. The van der Waals surface area contributed by atoms with Crippen molar-refractivity contribution in [1.29, 1.82) is 0 Å². The molecule has 0 aromatic carbocycles. The fraction of sp³-hybridized carbons (Fsp3) is 0.900. The smallest absolute Gasteiger partial charge is 0.394 e. The number of esters is 1. The van der Waals surface area contributed by atoms with Crippen molar-refractivity contribution in [2.24, 2.45) is 10.8 Å². The number of carbonyl (C=O) groups excluding carboxylic acids is 1. The zero-order valence-electron chi connectivity index (χ0n) is 8.49. The number of alkyl halides is 3. The van der Waals surface area contributed by atoms with E-state index in [1.165, 1.54) is 7.11 Å². The zero-order chi connectivity index (χ0) is 11.3. The van der Waals surface area contributed by atoms with Crippen molar-refractivity contribution in [3.63, 3.8) is 0 Å². The molecule has 0 unspecified atom stereocenters. The lowest BCUT2D eigenvalue weighted by molar-refractivity contribution is -0.220. The molecule has 0 atom stereocenters. The van der Waals surface area contributed by atoms with E-state index in [1.54, 1.807) is 0 Å². The van der Waals surface area contributed by atoms with Gasteiger partial charge in [-0.1, -0.05) is 0 Å². The van der Waals surface area contributed by atoms with Gasteiger partial charge in [-0.3, -0.25) is 4.79 Å². The van der Waals surface area contributed by atoms with Crippen molar-refractivity contribution < 1.29 is 22.7 Å². The van der Waals surface area contributed by atoms with Gasteiger partial charge in [0, 0.05) is 0 Å². The van der Waals surface area contributed by atoms with Crippen molar-refractivity contribution in [2.45, 2.75) is 38.3 Å². The number of rotatable bonds is 1. The van der Waals surface area contributed by atoms with Crippen LogP contribution in [0.3, 0.4) is 0 Å². The van der Waals surface area contributed by atoms with Crippen LogP contribution in [0.5, 0.6) is 0 Å². The summed E-state index contributed by atoms with van der Waals surface area (Å²) in [5, 5.41) is 0. The Bertz CT molecular complexity index is 288. The van der Waals surface area contributed by atoms with Gasteiger partial charge < -0.3 is 4.74 Å². The number of methoxy groups -OCH3 is 1. The molecule has 2 aliphatic carbocycles. The Kier molecular flexibility index (Phi) is 2.07. The van der Waals surface area contributed by atoms with Crippen molar-refractivity contribution in [3.8, 4) is 0 Å². The van der Waals surface area contributed by atoms with E-state index in [-0.39, 0.29) is 19.3 Å². The zero-order valence-corrected chi connectivity index (χ0v) is 8.49. The largest absolute Gasteiger partial charge is 0.469 e. The summed E-state index contributed by atoms with van der Waals surface area (Å²) in [4.78, 5) is 11.5. The molecular formula is C10H13F3O2. The molecular weight excluding hydrogens is 209 g/mol. The topological polar surface area (TPSA) is 26.3 Å². The van der Waals surface area contributed by atoms with E-state index >= 15 is 0 Å². The average Bonchev–Trinajstić information content (AvgIpc) is 2.73. The van der Waals surface area contributed by atoms with Gasteiger partial charge in [0.05, 0.1) is 17.9 Å². The molecule has 86 valence electrons. The van der Waals surface area contributed by atoms with Gasteiger partial charge in [-0.2, -0.15) is 13.2 Å². The van der Waals surface area contributed by atoms with Crippen LogP contribution >= 0.6 is 0 Å². The number of hydrogen-bond donors (Lipinski definition) is 0. The Morgan fingerprint density at radius 1 is 1.20 bits per heavy atom. The molecule has 0 N–H and O–H groups in total. The Hall–Kier alpha value is -0.740. The molecule has 2 bridgehead atoms. The Morgan fingerprint density at radius 3 is 2.07 bits per heavy atom. The highest BCUT2D eigenvalue weighted by Crippen LogP contribution is 2.67. The van der Waals surface area contributed by atoms with Crippen molar-refractivity contribution >= 4 is 5.97 Å². The summed E-state index contributed by atoms with van der Waals surface area (Å²) in [7, 11) is 1.24. The minimum atomic E-state index is -4.18. The lowest BCUT2D eigenvalue weighted by Crippen LogP contribution is -2.33. The SMILES string of the molecule is COC(=O)C12CCC(C(F)(F)F)(CC1)C2. The lowest BCUT2D eigenvalue weighted by Gasteiger charge is -2.29. The van der Waals surface area contributed by atoms with Gasteiger partial charge in [0.2, 0.25) is 0 Å². The predicted molar refractivity (Wildman–Crippen MR) is 46.0 cm³/mol. The molecule has 0 aromatic heterocycles. The average molecular weight is 222 g/mol. The third kappa shape index (κ3) is 1.28. The molecule has 0 heterocycles. The molecule has 0 spiro atoms. The minimum absolute atomic E-state index is 0.0732. The molecule has 0 radical (unpaired) electrons. The first-order valence-electron chi connectivity index (χ1n) is 5.00. The van der Waals surface area contributed by atoms with Gasteiger partial charge in [-0.25, -0.2) is 0 Å². The molecule has 2 fully saturated rings. The molecule has 15 heavy (non-hydrogen) atoms. The Labute approximate surface area is 85.8 Å². The summed E-state index contributed by atoms with van der Waals surface area (Å²) >= 11 is 0. The molecule has 0 saturated heterocycles. The van der Waals surface area contributed by atoms with E-state index in [9.17, 15) is 18.0 Å². The van der Waals surface area contributed by atoms with Crippen molar-refractivity contribution in [1.82, 2.24) is 0 Å². The highest BCUT2D eigenvalue weighted by molar-refractivity contribution is 5.78. The molecule has 5 heteroatoms. The summed E-state index contributed by atoms with van der Waals surface area (Å²) in [5.41, 5.74) is -2.45. The third-order valence-corrected chi connectivity index (χ3v) is 4.06. The second-order valence-corrected chi connectivity index (χ2v) is 4.73. The Balaban J connectivity index is 2.25. The maximum absolute atomic E-state index is 12.8. The number of fused-ring (bicyclic) bond motifs is 2. The predicted octanol–water partition coefficient (Wildman–Crippen LogP) is 2.67. The van der Waals surface area contributed by atoms with Crippen LogP contribution in [0, 0.1) is 10.8 Å². The van der Waals surface area contributed by atoms with Gasteiger partial charge in [0.25, 0.3) is 0 Å². The normalized spacial score (nSPS) is 39.5. The van der Waals surface area contributed by atoms with Crippen LogP contribution in [0.15, 0.2) is 0 Å². The van der Waals surface area contributed by atoms with Crippen LogP contribution < -0.4 is 0 Å². The van der Waals surface area contributed by atoms with E-state index in [1.807, 2.05) is 0 Å². The second-order valence-electron chi connectivity index (χ2n) is 4.73. The maximum atomic E-state index is 12.8. The summed E-state index contributed by atoms with van der Waals surface area (Å²) < 4.78 is 43.1. The quantitative estimate of drug-likeness (QED) is 0.637. The maximum Gasteiger partial charge on any atom is 0.394 e. The van der Waals surface area contributed by atoms with E-state index in [2.05, 4.69) is 4.74 Å². The monoisotopic (exact) mass is 222 g/mol. The molecule has 0 amide bonds. The number of carbonyl (C=O) groups is 1. The lowest BCUT2D eigenvalue weighted by atomic mass is 9.82. The summed E-state index contributed by atoms with van der Waals surface area (Å²) in [6.07, 6.45) is -3.47. The van der Waals surface area contributed by atoms with E-state index in [4.69, 9.17) is 0 Å². The third-order valence-electron chi connectivity index (χ3n) is 4.06. The van der Waals surface area contributed by atoms with Gasteiger partial charge in [-0.15, -0.1) is 0 Å². The van der Waals surface area contributed by atoms with Crippen LogP contribution in [-0.4, -0.2) is 19.3 Å². The minimum Gasteiger partial charge on any atom is -0.469 e. The molecule has 0 aromatic rings. The fourth-order valence-corrected chi connectivity index (χ4v) is 3.08. The fourth-order valence-electron chi connectivity index (χ4n) is 3.08. The Morgan fingerprint density at radius 2 is 1.73 bits per heavy atom. The van der Waals surface area contributed by atoms with Crippen LogP contribution in [0.2, 0.25) is 0 Å². The standard InChI is InChI=1S/C10H13F3O2/c1-15-7(14)8-2-4-9(6-8,5-3-8)10(11,12)13/h2-6H2,1H3. The highest BCUT2D eigenvalue weighted by atomic mass is 19.4. The molecule has 0 aliphatic heterocycles. The second kappa shape index (κ2) is 2.89. The van der Waals surface area contributed by atoms with Gasteiger partial charge in [0.15, 0.2) is 0 Å². The molecule has 2 rings (SSSR count). The summed E-state index contributed by atoms with van der Waals surface area (Å²) in [6.45, 7) is 0. The van der Waals surface area contributed by atoms with Crippen molar-refractivity contribution in [3.05, 3.63) is 0 Å². The first-order valence-corrected chi connectivity index (χ1v) is 5.00. The molecule has 2 saturated carbocycles. The van der Waals surface area contributed by atoms with E-state index in [0.717, 1.165) is 0 Å². The highest BCUT2D eigenvalue weighted by Gasteiger charge is 2.68. The van der Waals surface area contributed by atoms with Crippen LogP contribution in [0.1, 0.15) is 32.1 Å². The van der Waals surface area contributed by atoms with E-state index in [0.29, 0.717) is 12.8 Å². The van der Waals surface area contributed by atoms with Crippen LogP contribution in [-0.2, 0) is 9.53 Å². The molecule has 2 aliphatic rings. The number of hydrogen-bond acceptors (Lipinski definition) is 2. The van der Waals surface area contributed by atoms with Gasteiger partial charge in [0.1, 0.15) is 0 Å².